The molecule has 16 heavy (non-hydrogen) atoms. The van der Waals surface area contributed by atoms with Crippen molar-refractivity contribution in [3.63, 3.8) is 0 Å². The van der Waals surface area contributed by atoms with Gasteiger partial charge < -0.3 is 5.32 Å². The molecule has 1 aromatic heterocycles. The van der Waals surface area contributed by atoms with Crippen LogP contribution in [0.3, 0.4) is 0 Å². The summed E-state index contributed by atoms with van der Waals surface area (Å²) in [6.45, 7) is 0.390. The lowest BCUT2D eigenvalue weighted by atomic mass is 10.4. The molecule has 0 radical (unpaired) electrons. The van der Waals surface area contributed by atoms with Crippen LogP contribution in [0.2, 0.25) is 0 Å². The molecule has 0 saturated heterocycles. The van der Waals surface area contributed by atoms with Crippen LogP contribution in [-0.4, -0.2) is 21.5 Å². The largest absolute Gasteiger partial charge is 0.353 e. The molecule has 1 saturated carbocycles. The monoisotopic (exact) mass is 333 g/mol. The fraction of sp³-hybridized carbons (Fsp3) is 0.500. The third kappa shape index (κ3) is 3.03. The number of aromatic nitrogens is 2. The fourth-order valence-electron chi connectivity index (χ4n) is 1.33. The van der Waals surface area contributed by atoms with E-state index in [2.05, 4.69) is 10.3 Å². The van der Waals surface area contributed by atoms with Crippen molar-refractivity contribution in [3.05, 3.63) is 26.4 Å². The Hall–Kier alpha value is -0.920. The average molecular weight is 333 g/mol. The first kappa shape index (κ1) is 11.6. The normalized spacial score (nSPS) is 14.8. The number of nitrogens with zero attached hydrogens (tertiary/aromatic N) is 2. The van der Waals surface area contributed by atoms with E-state index in [1.807, 2.05) is 22.6 Å². The summed E-state index contributed by atoms with van der Waals surface area (Å²) in [5.74, 6) is 0.00765. The van der Waals surface area contributed by atoms with Gasteiger partial charge in [-0.2, -0.15) is 0 Å². The van der Waals surface area contributed by atoms with Gasteiger partial charge in [-0.1, -0.05) is 0 Å². The molecule has 0 aromatic carbocycles. The lowest BCUT2D eigenvalue weighted by Gasteiger charge is -2.05. The van der Waals surface area contributed by atoms with Gasteiger partial charge in [-0.05, 0) is 35.4 Å². The molecule has 1 aliphatic rings. The van der Waals surface area contributed by atoms with Gasteiger partial charge in [-0.15, -0.1) is 0 Å². The van der Waals surface area contributed by atoms with E-state index in [1.165, 1.54) is 17.1 Å². The molecule has 6 heteroatoms. The van der Waals surface area contributed by atoms with Crippen LogP contribution >= 0.6 is 22.6 Å². The predicted octanol–water partition coefficient (Wildman–Crippen LogP) is 0.517. The van der Waals surface area contributed by atoms with E-state index < -0.39 is 0 Å². The van der Waals surface area contributed by atoms with Crippen LogP contribution in [0.5, 0.6) is 0 Å². The molecule has 0 aliphatic heterocycles. The van der Waals surface area contributed by atoms with Gasteiger partial charge in [0.15, 0.2) is 0 Å². The van der Waals surface area contributed by atoms with Gasteiger partial charge in [-0.25, -0.2) is 4.98 Å². The summed E-state index contributed by atoms with van der Waals surface area (Å²) < 4.78 is 2.04. The summed E-state index contributed by atoms with van der Waals surface area (Å²) in [7, 11) is 0. The molecule has 1 aliphatic carbocycles. The number of nitrogens with one attached hydrogen (secondary N) is 1. The molecule has 1 heterocycles. The molecule has 0 atom stereocenters. The molecule has 1 N–H and O–H groups in total. The first-order chi connectivity index (χ1) is 7.66. The molecule has 86 valence electrons. The predicted molar refractivity (Wildman–Crippen MR) is 67.0 cm³/mol. The van der Waals surface area contributed by atoms with E-state index in [-0.39, 0.29) is 11.5 Å². The Morgan fingerprint density at radius 3 is 3.06 bits per heavy atom. The second-order valence-electron chi connectivity index (χ2n) is 3.83. The number of rotatable bonds is 4. The molecule has 1 fully saturated rings. The summed E-state index contributed by atoms with van der Waals surface area (Å²) in [5.41, 5.74) is -0.0881. The molecule has 2 rings (SSSR count). The highest BCUT2D eigenvalue weighted by molar-refractivity contribution is 14.1. The zero-order chi connectivity index (χ0) is 11.5. The van der Waals surface area contributed by atoms with E-state index in [0.29, 0.717) is 22.6 Å². The summed E-state index contributed by atoms with van der Waals surface area (Å²) in [6, 6.07) is 0.373. The van der Waals surface area contributed by atoms with E-state index >= 15 is 0 Å². The minimum Gasteiger partial charge on any atom is -0.353 e. The molecule has 1 aromatic rings. The van der Waals surface area contributed by atoms with Gasteiger partial charge in [0.1, 0.15) is 0 Å². The maximum absolute atomic E-state index is 11.6. The van der Waals surface area contributed by atoms with Gasteiger partial charge in [0.05, 0.1) is 9.90 Å². The van der Waals surface area contributed by atoms with E-state index in [9.17, 15) is 9.59 Å². The number of aryl methyl sites for hydroxylation is 1. The number of halogens is 1. The Kier molecular flexibility index (Phi) is 3.57. The quantitative estimate of drug-likeness (QED) is 0.817. The van der Waals surface area contributed by atoms with Crippen molar-refractivity contribution in [2.75, 3.05) is 0 Å². The summed E-state index contributed by atoms with van der Waals surface area (Å²) in [5, 5.41) is 2.88. The van der Waals surface area contributed by atoms with Crippen molar-refractivity contribution in [1.82, 2.24) is 14.9 Å². The molecule has 1 amide bonds. The van der Waals surface area contributed by atoms with E-state index in [0.717, 1.165) is 12.8 Å². The van der Waals surface area contributed by atoms with Gasteiger partial charge in [0.25, 0.3) is 5.56 Å². The fourth-order valence-corrected chi connectivity index (χ4v) is 1.80. The highest BCUT2D eigenvalue weighted by Gasteiger charge is 2.22. The van der Waals surface area contributed by atoms with E-state index in [4.69, 9.17) is 0 Å². The van der Waals surface area contributed by atoms with Crippen molar-refractivity contribution in [2.24, 2.45) is 0 Å². The van der Waals surface area contributed by atoms with Crippen LogP contribution < -0.4 is 10.9 Å². The Balaban J connectivity index is 1.91. The zero-order valence-electron chi connectivity index (χ0n) is 8.65. The highest BCUT2D eigenvalue weighted by atomic mass is 127. The molecule has 5 nitrogen and oxygen atoms in total. The Labute approximate surface area is 106 Å². The minimum absolute atomic E-state index is 0.00765. The summed E-state index contributed by atoms with van der Waals surface area (Å²) in [4.78, 5) is 26.9. The van der Waals surface area contributed by atoms with Gasteiger partial charge in [-0.3, -0.25) is 14.2 Å². The molecular formula is C10H12IN3O2. The van der Waals surface area contributed by atoms with Crippen molar-refractivity contribution in [2.45, 2.75) is 31.8 Å². The SMILES string of the molecule is O=C(CCn1cncc(I)c1=O)NC1CC1. The third-order valence-corrected chi connectivity index (χ3v) is 3.12. The number of carbonyl (C=O) groups is 1. The first-order valence-corrected chi connectivity index (χ1v) is 6.24. The number of hydrogen-bond acceptors (Lipinski definition) is 3. The molecular weight excluding hydrogens is 321 g/mol. The second kappa shape index (κ2) is 4.94. The summed E-state index contributed by atoms with van der Waals surface area (Å²) >= 11 is 1.94. The maximum Gasteiger partial charge on any atom is 0.266 e. The Morgan fingerprint density at radius 2 is 2.38 bits per heavy atom. The van der Waals surface area contributed by atoms with Crippen LogP contribution in [-0.2, 0) is 11.3 Å². The van der Waals surface area contributed by atoms with Crippen molar-refractivity contribution >= 4 is 28.5 Å². The Bertz CT molecular complexity index is 454. The van der Waals surface area contributed by atoms with Crippen molar-refractivity contribution < 1.29 is 4.79 Å². The van der Waals surface area contributed by atoms with Crippen LogP contribution in [0.4, 0.5) is 0 Å². The van der Waals surface area contributed by atoms with Crippen LogP contribution in [0.1, 0.15) is 19.3 Å². The van der Waals surface area contributed by atoms with Gasteiger partial charge in [0.2, 0.25) is 5.91 Å². The minimum atomic E-state index is -0.0881. The van der Waals surface area contributed by atoms with Gasteiger partial charge >= 0.3 is 0 Å². The second-order valence-corrected chi connectivity index (χ2v) is 4.99. The maximum atomic E-state index is 11.6. The molecule has 0 spiro atoms. The van der Waals surface area contributed by atoms with Crippen LogP contribution in [0.15, 0.2) is 17.3 Å². The Morgan fingerprint density at radius 1 is 1.62 bits per heavy atom. The lowest BCUT2D eigenvalue weighted by Crippen LogP contribution is -2.29. The topological polar surface area (TPSA) is 64.0 Å². The number of hydrogen-bond donors (Lipinski definition) is 1. The van der Waals surface area contributed by atoms with Crippen molar-refractivity contribution in [3.8, 4) is 0 Å². The van der Waals surface area contributed by atoms with E-state index in [1.54, 1.807) is 0 Å². The van der Waals surface area contributed by atoms with Gasteiger partial charge in [0, 0.05) is 25.2 Å². The molecule has 0 unspecified atom stereocenters. The zero-order valence-corrected chi connectivity index (χ0v) is 10.8. The first-order valence-electron chi connectivity index (χ1n) is 5.16. The van der Waals surface area contributed by atoms with Crippen LogP contribution in [0, 0.1) is 3.57 Å². The van der Waals surface area contributed by atoms with Crippen molar-refractivity contribution in [1.29, 1.82) is 0 Å². The highest BCUT2D eigenvalue weighted by Crippen LogP contribution is 2.18. The standard InChI is InChI=1S/C10H12IN3O2/c11-8-5-12-6-14(10(8)16)4-3-9(15)13-7-1-2-7/h5-7H,1-4H2,(H,13,15). The number of carbonyl (C=O) groups excluding carboxylic acids is 1. The molecule has 0 bridgehead atoms. The third-order valence-electron chi connectivity index (χ3n) is 2.38. The number of amides is 1. The van der Waals surface area contributed by atoms with Crippen LogP contribution in [0.25, 0.3) is 0 Å². The average Bonchev–Trinajstić information content (AvgIpc) is 3.04. The lowest BCUT2D eigenvalue weighted by molar-refractivity contribution is -0.121. The smallest absolute Gasteiger partial charge is 0.266 e. The summed E-state index contributed by atoms with van der Waals surface area (Å²) in [6.07, 6.45) is 5.48.